The minimum Gasteiger partial charge on any atom is -0.494 e. The molecule has 0 bridgehead atoms. The number of anilines is 1. The number of halogens is 1. The van der Waals surface area contributed by atoms with Gasteiger partial charge in [0.15, 0.2) is 5.82 Å². The molecule has 0 saturated carbocycles. The topological polar surface area (TPSA) is 96.9 Å². The molecule has 0 aliphatic heterocycles. The van der Waals surface area contributed by atoms with Gasteiger partial charge in [-0.05, 0) is 6.92 Å². The van der Waals surface area contributed by atoms with Crippen molar-refractivity contribution in [2.24, 2.45) is 0 Å². The number of nitrogens with zero attached hydrogens (tertiary/aromatic N) is 2. The van der Waals surface area contributed by atoms with Gasteiger partial charge in [-0.2, -0.15) is 5.10 Å². The molecular weight excluding hydrogens is 220 g/mol. The van der Waals surface area contributed by atoms with Gasteiger partial charge in [-0.1, -0.05) is 0 Å². The van der Waals surface area contributed by atoms with Gasteiger partial charge in [0.25, 0.3) is 5.56 Å². The van der Waals surface area contributed by atoms with Gasteiger partial charge in [0.2, 0.25) is 5.88 Å². The van der Waals surface area contributed by atoms with E-state index in [4.69, 9.17) is 5.73 Å². The van der Waals surface area contributed by atoms with Crippen molar-refractivity contribution in [2.45, 2.75) is 13.5 Å². The zero-order valence-electron chi connectivity index (χ0n) is 8.02. The lowest BCUT2D eigenvalue weighted by Gasteiger charge is -1.97. The molecule has 0 aliphatic rings. The van der Waals surface area contributed by atoms with E-state index in [2.05, 4.69) is 10.1 Å². The van der Waals surface area contributed by atoms with Crippen molar-refractivity contribution in [3.63, 3.8) is 0 Å². The number of fused-ring (bicyclic) bond motifs is 1. The zero-order chi connectivity index (χ0) is 10.3. The van der Waals surface area contributed by atoms with E-state index in [0.29, 0.717) is 17.4 Å². The second-order valence-electron chi connectivity index (χ2n) is 2.94. The highest BCUT2D eigenvalue weighted by Crippen LogP contribution is 2.25. The smallest absolute Gasteiger partial charge is 0.252 e. The number of aromatic nitrogens is 3. The maximum absolute atomic E-state index is 11.1. The highest BCUT2D eigenvalue weighted by Gasteiger charge is 2.12. The number of aryl methyl sites for hydroxylation is 1. The van der Waals surface area contributed by atoms with Crippen molar-refractivity contribution < 1.29 is 5.11 Å². The molecule has 0 fully saturated rings. The van der Waals surface area contributed by atoms with Crippen molar-refractivity contribution in [3.05, 3.63) is 16.4 Å². The molecule has 7 heteroatoms. The molecule has 2 rings (SSSR count). The Hall–Kier alpha value is -1.69. The molecule has 0 atom stereocenters. The third-order valence-electron chi connectivity index (χ3n) is 2.06. The molecule has 0 aromatic carbocycles. The third kappa shape index (κ3) is 1.63. The summed E-state index contributed by atoms with van der Waals surface area (Å²) >= 11 is 0. The second kappa shape index (κ2) is 3.82. The number of hydrogen-bond donors (Lipinski definition) is 3. The van der Waals surface area contributed by atoms with Crippen LogP contribution in [0.3, 0.4) is 0 Å². The molecule has 0 saturated heterocycles. The van der Waals surface area contributed by atoms with E-state index in [-0.39, 0.29) is 29.7 Å². The van der Waals surface area contributed by atoms with E-state index in [1.54, 1.807) is 4.68 Å². The van der Waals surface area contributed by atoms with E-state index >= 15 is 0 Å². The lowest BCUT2D eigenvalue weighted by Crippen LogP contribution is -2.05. The van der Waals surface area contributed by atoms with Crippen LogP contribution in [-0.4, -0.2) is 19.9 Å². The molecule has 2 heterocycles. The van der Waals surface area contributed by atoms with Gasteiger partial charge in [-0.3, -0.25) is 14.5 Å². The maximum atomic E-state index is 11.1. The number of pyridine rings is 1. The van der Waals surface area contributed by atoms with Gasteiger partial charge in [0.05, 0.1) is 5.52 Å². The summed E-state index contributed by atoms with van der Waals surface area (Å²) in [5.41, 5.74) is 5.77. The number of nitrogens with one attached hydrogen (secondary N) is 1. The Balaban J connectivity index is 0.00000112. The Bertz CT molecular complexity index is 545. The average Bonchev–Trinajstić information content (AvgIpc) is 2.42. The summed E-state index contributed by atoms with van der Waals surface area (Å²) in [6.07, 6.45) is 0. The van der Waals surface area contributed by atoms with Crippen molar-refractivity contribution in [1.29, 1.82) is 0 Å². The Morgan fingerprint density at radius 2 is 2.33 bits per heavy atom. The molecule has 4 N–H and O–H groups in total. The number of aromatic amines is 1. The largest absolute Gasteiger partial charge is 0.494 e. The first kappa shape index (κ1) is 11.4. The molecule has 0 amide bonds. The minimum atomic E-state index is -0.371. The molecule has 82 valence electrons. The molecule has 2 aromatic heterocycles. The number of nitrogen functional groups attached to an aromatic ring is 1. The highest BCUT2D eigenvalue weighted by molar-refractivity contribution is 5.92. The second-order valence-corrected chi connectivity index (χ2v) is 2.94. The maximum Gasteiger partial charge on any atom is 0.252 e. The van der Waals surface area contributed by atoms with E-state index in [1.165, 1.54) is 6.07 Å². The molecule has 6 nitrogen and oxygen atoms in total. The quantitative estimate of drug-likeness (QED) is 0.663. The Labute approximate surface area is 91.1 Å². The molecular formula is C8H11ClN4O2. The normalized spacial score (nSPS) is 10.2. The van der Waals surface area contributed by atoms with Gasteiger partial charge < -0.3 is 10.8 Å². The summed E-state index contributed by atoms with van der Waals surface area (Å²) in [6.45, 7) is 2.47. The first-order valence-corrected chi connectivity index (χ1v) is 4.21. The lowest BCUT2D eigenvalue weighted by atomic mass is 10.3. The van der Waals surface area contributed by atoms with Crippen LogP contribution in [0, 0.1) is 0 Å². The molecule has 0 radical (unpaired) electrons. The monoisotopic (exact) mass is 230 g/mol. The van der Waals surface area contributed by atoms with Crippen LogP contribution in [-0.2, 0) is 6.54 Å². The van der Waals surface area contributed by atoms with Gasteiger partial charge >= 0.3 is 0 Å². The lowest BCUT2D eigenvalue weighted by molar-refractivity contribution is 0.459. The summed E-state index contributed by atoms with van der Waals surface area (Å²) in [7, 11) is 0. The van der Waals surface area contributed by atoms with Gasteiger partial charge in [-0.25, -0.2) is 0 Å². The van der Waals surface area contributed by atoms with Crippen molar-refractivity contribution >= 4 is 29.1 Å². The Morgan fingerprint density at radius 1 is 1.67 bits per heavy atom. The fourth-order valence-corrected chi connectivity index (χ4v) is 1.46. The van der Waals surface area contributed by atoms with Crippen LogP contribution in [0.25, 0.3) is 10.9 Å². The highest BCUT2D eigenvalue weighted by atomic mass is 35.5. The van der Waals surface area contributed by atoms with Crippen LogP contribution in [0.5, 0.6) is 5.88 Å². The number of H-pyrrole nitrogens is 1. The molecule has 0 unspecified atom stereocenters. The van der Waals surface area contributed by atoms with E-state index in [0.717, 1.165) is 0 Å². The first-order chi connectivity index (χ1) is 6.63. The Morgan fingerprint density at radius 3 is 2.93 bits per heavy atom. The fourth-order valence-electron chi connectivity index (χ4n) is 1.46. The zero-order valence-corrected chi connectivity index (χ0v) is 8.84. The van der Waals surface area contributed by atoms with Crippen molar-refractivity contribution in [3.8, 4) is 5.88 Å². The Kier molecular flexibility index (Phi) is 2.90. The number of hydrogen-bond acceptors (Lipinski definition) is 4. The predicted molar refractivity (Wildman–Crippen MR) is 59.4 cm³/mol. The van der Waals surface area contributed by atoms with Gasteiger partial charge in [0, 0.05) is 12.6 Å². The van der Waals surface area contributed by atoms with Gasteiger partial charge in [-0.15, -0.1) is 12.4 Å². The van der Waals surface area contributed by atoms with Crippen LogP contribution in [0.1, 0.15) is 6.92 Å². The average molecular weight is 231 g/mol. The first-order valence-electron chi connectivity index (χ1n) is 4.21. The summed E-state index contributed by atoms with van der Waals surface area (Å²) in [5, 5.41) is 13.8. The number of aromatic hydroxyl groups is 1. The van der Waals surface area contributed by atoms with Crippen LogP contribution in [0.4, 0.5) is 5.82 Å². The van der Waals surface area contributed by atoms with Crippen molar-refractivity contribution in [2.75, 3.05) is 5.73 Å². The van der Waals surface area contributed by atoms with E-state index in [9.17, 15) is 9.90 Å². The minimum absolute atomic E-state index is 0. The van der Waals surface area contributed by atoms with E-state index in [1.807, 2.05) is 6.92 Å². The van der Waals surface area contributed by atoms with Crippen molar-refractivity contribution in [1.82, 2.24) is 14.8 Å². The summed E-state index contributed by atoms with van der Waals surface area (Å²) in [5.74, 6) is -0.0136. The van der Waals surface area contributed by atoms with Crippen LogP contribution < -0.4 is 11.3 Å². The molecule has 15 heavy (non-hydrogen) atoms. The van der Waals surface area contributed by atoms with Crippen LogP contribution in [0.15, 0.2) is 10.9 Å². The molecule has 0 spiro atoms. The van der Waals surface area contributed by atoms with Crippen LogP contribution >= 0.6 is 12.4 Å². The third-order valence-corrected chi connectivity index (χ3v) is 2.06. The summed E-state index contributed by atoms with van der Waals surface area (Å²) in [4.78, 5) is 13.3. The molecule has 0 aliphatic carbocycles. The standard InChI is InChI=1S/C8H10N4O2.ClH/c1-2-12-4-3-5(13)10-8(14)6(4)7(9)11-12;/h3H,2H2,1H3,(H2,9,11)(H2,10,13,14);1H. The predicted octanol–water partition coefficient (Wildman–Crippen LogP) is 0.454. The number of rotatable bonds is 1. The van der Waals surface area contributed by atoms with Crippen LogP contribution in [0.2, 0.25) is 0 Å². The van der Waals surface area contributed by atoms with Gasteiger partial charge in [0.1, 0.15) is 5.39 Å². The summed E-state index contributed by atoms with van der Waals surface area (Å²) in [6, 6.07) is 1.36. The SMILES string of the molecule is CCn1nc(N)c2c(O)[nH]c(=O)cc21.Cl. The fraction of sp³-hybridized carbons (Fsp3) is 0.250. The summed E-state index contributed by atoms with van der Waals surface area (Å²) < 4.78 is 1.57. The molecule has 2 aromatic rings. The van der Waals surface area contributed by atoms with E-state index < -0.39 is 0 Å². The number of nitrogens with two attached hydrogens (primary N) is 1.